The summed E-state index contributed by atoms with van der Waals surface area (Å²) in [6, 6.07) is 9.82. The normalized spacial score (nSPS) is 12.9. The minimum Gasteiger partial charge on any atom is -0.493 e. The minimum atomic E-state index is -1.43. The van der Waals surface area contributed by atoms with Gasteiger partial charge in [0.2, 0.25) is 11.9 Å². The highest BCUT2D eigenvalue weighted by molar-refractivity contribution is 9.15. The van der Waals surface area contributed by atoms with Gasteiger partial charge in [0.05, 0.1) is 26.3 Å². The van der Waals surface area contributed by atoms with E-state index in [0.29, 0.717) is 47.6 Å². The van der Waals surface area contributed by atoms with Crippen LogP contribution in [0.1, 0.15) is 105 Å². The Morgan fingerprint density at radius 2 is 1.40 bits per heavy atom. The van der Waals surface area contributed by atoms with Crippen LogP contribution in [-0.4, -0.2) is 39.2 Å². The first kappa shape index (κ1) is 43.4. The van der Waals surface area contributed by atoms with Crippen LogP contribution in [0.5, 0.6) is 5.75 Å². The Morgan fingerprint density at radius 1 is 0.811 bits per heavy atom. The van der Waals surface area contributed by atoms with Crippen molar-refractivity contribution >= 4 is 115 Å². The predicted octanol–water partition coefficient (Wildman–Crippen LogP) is 12.1. The second kappa shape index (κ2) is 17.2. The van der Waals surface area contributed by atoms with Crippen LogP contribution in [0.15, 0.2) is 54.3 Å². The van der Waals surface area contributed by atoms with Crippen molar-refractivity contribution in [2.75, 3.05) is 17.2 Å². The first-order valence-corrected chi connectivity index (χ1v) is 21.0. The van der Waals surface area contributed by atoms with Crippen LogP contribution >= 0.6 is 75.3 Å². The van der Waals surface area contributed by atoms with Gasteiger partial charge in [-0.2, -0.15) is 15.0 Å². The number of nitrogens with one attached hydrogen (secondary N) is 2. The molecule has 3 aromatic carbocycles. The third-order valence-corrected chi connectivity index (χ3v) is 14.7. The second-order valence-corrected chi connectivity index (χ2v) is 18.9. The van der Waals surface area contributed by atoms with Gasteiger partial charge in [0.1, 0.15) is 16.8 Å². The second-order valence-electron chi connectivity index (χ2n) is 15.4. The third kappa shape index (κ3) is 9.92. The fraction of sp³-hybridized carbons (Fsp3) is 0.462. The Balaban J connectivity index is 1.47. The third-order valence-electron chi connectivity index (χ3n) is 9.66. The number of ether oxygens (including phenoxy) is 1. The largest absolute Gasteiger partial charge is 0.493 e. The number of fused-ring (bicyclic) bond motifs is 1. The summed E-state index contributed by atoms with van der Waals surface area (Å²) in [6.45, 7) is 18.9. The number of carbonyl (C=O) groups is 3. The van der Waals surface area contributed by atoms with Crippen molar-refractivity contribution in [3.05, 3.63) is 70.4 Å². The quantitative estimate of drug-likeness (QED) is 0.0563. The topological polar surface area (TPSA) is 115 Å². The monoisotopic (exact) mass is 999 g/mol. The summed E-state index contributed by atoms with van der Waals surface area (Å²) in [5.41, 5.74) is 3.07. The molecule has 0 saturated heterocycles. The molecule has 0 saturated carbocycles. The number of nitrogens with zero attached hydrogens (tertiary/aromatic N) is 3. The maximum absolute atomic E-state index is 13.9. The van der Waals surface area contributed by atoms with E-state index >= 15 is 0 Å². The maximum atomic E-state index is 13.9. The molecule has 9 nitrogen and oxygen atoms in total. The molecule has 0 spiro atoms. The maximum Gasteiger partial charge on any atom is 0.258 e. The number of benzene rings is 3. The van der Waals surface area contributed by atoms with Gasteiger partial charge in [-0.3, -0.25) is 14.4 Å². The van der Waals surface area contributed by atoms with Gasteiger partial charge < -0.3 is 15.4 Å². The molecule has 1 heterocycles. The molecular formula is C39H46Br4ClN5O4. The zero-order chi connectivity index (χ0) is 39.6. The van der Waals surface area contributed by atoms with Crippen LogP contribution in [-0.2, 0) is 25.2 Å². The number of halogens is 5. The summed E-state index contributed by atoms with van der Waals surface area (Å²) in [7, 11) is 0. The Bertz CT molecular complexity index is 2000. The van der Waals surface area contributed by atoms with Gasteiger partial charge in [-0.05, 0) is 124 Å². The summed E-state index contributed by atoms with van der Waals surface area (Å²) >= 11 is 20.6. The van der Waals surface area contributed by atoms with Crippen molar-refractivity contribution in [2.24, 2.45) is 5.41 Å². The summed E-state index contributed by atoms with van der Waals surface area (Å²) in [6.07, 6.45) is 2.71. The highest BCUT2D eigenvalue weighted by atomic mass is 79.9. The lowest BCUT2D eigenvalue weighted by atomic mass is 9.76. The number of Topliss-reactive ketones (excluding diaryl/α,β-unsaturated/α-hetero) is 1. The SMILES string of the molecule is CCC(C)(C)c1ccc(OCCCC(=O)Nc2ccc(Cl)c(NC(=O)C(C(=O)C(C)(C)C)n3nc4c(Br)c(Br)c(Br)c(Br)c4n3)c2)c(C(C)(C)CC)c1. The van der Waals surface area contributed by atoms with Crippen molar-refractivity contribution in [3.63, 3.8) is 0 Å². The number of amides is 2. The Labute approximate surface area is 350 Å². The molecule has 0 bridgehead atoms. The van der Waals surface area contributed by atoms with Crippen molar-refractivity contribution < 1.29 is 19.1 Å². The molecule has 2 N–H and O–H groups in total. The molecule has 4 rings (SSSR count). The lowest BCUT2D eigenvalue weighted by Crippen LogP contribution is -2.39. The number of ketones is 1. The van der Waals surface area contributed by atoms with Crippen molar-refractivity contribution in [2.45, 2.75) is 105 Å². The van der Waals surface area contributed by atoms with E-state index in [-0.39, 0.29) is 33.9 Å². The van der Waals surface area contributed by atoms with Crippen LogP contribution in [0.4, 0.5) is 11.4 Å². The molecular weight excluding hydrogens is 958 g/mol. The van der Waals surface area contributed by atoms with E-state index in [1.54, 1.807) is 39.0 Å². The van der Waals surface area contributed by atoms with Crippen molar-refractivity contribution in [1.29, 1.82) is 0 Å². The number of rotatable bonds is 14. The zero-order valence-electron chi connectivity index (χ0n) is 31.4. The summed E-state index contributed by atoms with van der Waals surface area (Å²) in [5, 5.41) is 15.0. The number of aromatic nitrogens is 3. The first-order valence-electron chi connectivity index (χ1n) is 17.4. The molecule has 1 unspecified atom stereocenters. The van der Waals surface area contributed by atoms with Gasteiger partial charge in [0, 0.05) is 32.0 Å². The number of anilines is 2. The van der Waals surface area contributed by atoms with E-state index in [9.17, 15) is 14.4 Å². The Morgan fingerprint density at radius 3 is 1.94 bits per heavy atom. The lowest BCUT2D eigenvalue weighted by Gasteiger charge is -2.30. The van der Waals surface area contributed by atoms with Crippen LogP contribution < -0.4 is 15.4 Å². The fourth-order valence-electron chi connectivity index (χ4n) is 5.41. The molecule has 0 aliphatic heterocycles. The summed E-state index contributed by atoms with van der Waals surface area (Å²) < 4.78 is 8.84. The molecule has 4 aromatic rings. The molecule has 0 radical (unpaired) electrons. The predicted molar refractivity (Wildman–Crippen MR) is 228 cm³/mol. The van der Waals surface area contributed by atoms with Gasteiger partial charge in [-0.1, -0.05) is 86.0 Å². The van der Waals surface area contributed by atoms with Crippen LogP contribution in [0.25, 0.3) is 11.0 Å². The smallest absolute Gasteiger partial charge is 0.258 e. The standard InChI is InChI=1S/C39H46Br4ClN5O4/c1-10-38(6,7)21-14-17-26(23(19-21)39(8,9)11-2)53-18-12-13-27(50)45-22-15-16-24(44)25(20-22)46-36(52)34(35(51)37(3,4)5)49-47-32-30(42)28(40)29(41)31(43)33(32)48-49/h14-17,19-20,34H,10-13,18H2,1-9H3,(H,45,50)(H,46,52). The van der Waals surface area contributed by atoms with Gasteiger partial charge in [-0.15, -0.1) is 0 Å². The van der Waals surface area contributed by atoms with E-state index in [4.69, 9.17) is 16.3 Å². The van der Waals surface area contributed by atoms with Gasteiger partial charge in [0.25, 0.3) is 5.91 Å². The number of carbonyl (C=O) groups excluding carboxylic acids is 3. The van der Waals surface area contributed by atoms with Crippen molar-refractivity contribution in [3.8, 4) is 5.75 Å². The fourth-order valence-corrected chi connectivity index (χ4v) is 7.81. The van der Waals surface area contributed by atoms with E-state index in [0.717, 1.165) is 23.4 Å². The summed E-state index contributed by atoms with van der Waals surface area (Å²) in [4.78, 5) is 41.8. The van der Waals surface area contributed by atoms with E-state index < -0.39 is 23.1 Å². The average molecular weight is 1000 g/mol. The Hall–Kier alpha value is -2.32. The summed E-state index contributed by atoms with van der Waals surface area (Å²) in [5.74, 6) is -0.470. The molecule has 53 heavy (non-hydrogen) atoms. The van der Waals surface area contributed by atoms with Gasteiger partial charge in [0.15, 0.2) is 5.78 Å². The molecule has 286 valence electrons. The first-order chi connectivity index (χ1) is 24.6. The molecule has 1 aromatic heterocycles. The average Bonchev–Trinajstić information content (AvgIpc) is 3.54. The van der Waals surface area contributed by atoms with E-state index in [2.05, 4.69) is 144 Å². The van der Waals surface area contributed by atoms with E-state index in [1.165, 1.54) is 11.1 Å². The molecule has 2 amide bonds. The Kier molecular flexibility index (Phi) is 14.1. The van der Waals surface area contributed by atoms with Crippen LogP contribution in [0, 0.1) is 5.41 Å². The van der Waals surface area contributed by atoms with Gasteiger partial charge in [-0.25, -0.2) is 0 Å². The van der Waals surface area contributed by atoms with Crippen LogP contribution in [0.3, 0.4) is 0 Å². The molecule has 0 aliphatic carbocycles. The molecule has 14 heteroatoms. The lowest BCUT2D eigenvalue weighted by molar-refractivity contribution is -0.136. The van der Waals surface area contributed by atoms with Crippen LogP contribution in [0.2, 0.25) is 5.02 Å². The van der Waals surface area contributed by atoms with E-state index in [1.807, 2.05) is 0 Å². The number of hydrogen-bond donors (Lipinski definition) is 2. The highest BCUT2D eigenvalue weighted by Gasteiger charge is 2.39. The molecule has 1 atom stereocenters. The van der Waals surface area contributed by atoms with Crippen molar-refractivity contribution in [1.82, 2.24) is 15.0 Å². The van der Waals surface area contributed by atoms with Gasteiger partial charge >= 0.3 is 0 Å². The number of hydrogen-bond acceptors (Lipinski definition) is 6. The zero-order valence-corrected chi connectivity index (χ0v) is 38.5. The highest BCUT2D eigenvalue weighted by Crippen LogP contribution is 2.43. The minimum absolute atomic E-state index is 0.0577. The molecule has 0 aliphatic rings. The molecule has 0 fully saturated rings.